The van der Waals surface area contributed by atoms with Gasteiger partial charge in [0.25, 0.3) is 0 Å². The summed E-state index contributed by atoms with van der Waals surface area (Å²) in [5.74, 6) is 0. The minimum absolute atomic E-state index is 0.553. The van der Waals surface area contributed by atoms with Gasteiger partial charge in [0.1, 0.15) is 0 Å². The highest BCUT2D eigenvalue weighted by Crippen LogP contribution is 2.16. The molecule has 1 aromatic carbocycles. The van der Waals surface area contributed by atoms with Crippen molar-refractivity contribution in [2.45, 2.75) is 6.10 Å². The molecule has 1 N–H and O–H groups in total. The van der Waals surface area contributed by atoms with Crippen LogP contribution in [0.25, 0.3) is 0 Å². The third-order valence-electron chi connectivity index (χ3n) is 1.43. The van der Waals surface area contributed by atoms with Crippen molar-refractivity contribution in [1.29, 1.82) is 0 Å². The summed E-state index contributed by atoms with van der Waals surface area (Å²) in [7, 11) is 0. The lowest BCUT2D eigenvalue weighted by Gasteiger charge is -2.03. The van der Waals surface area contributed by atoms with Gasteiger partial charge >= 0.3 is 0 Å². The number of aliphatic hydroxyl groups is 1. The highest BCUT2D eigenvalue weighted by molar-refractivity contribution is 9.10. The van der Waals surface area contributed by atoms with Crippen LogP contribution in [0.5, 0.6) is 0 Å². The van der Waals surface area contributed by atoms with Crippen LogP contribution in [0.2, 0.25) is 0 Å². The maximum absolute atomic E-state index is 9.29. The third kappa shape index (κ3) is 2.17. The predicted octanol–water partition coefficient (Wildman–Crippen LogP) is 2.67. The minimum atomic E-state index is -0.553. The van der Waals surface area contributed by atoms with Gasteiger partial charge in [-0.15, -0.1) is 6.58 Å². The Hall–Kier alpha value is -0.600. The number of hydrogen-bond acceptors (Lipinski definition) is 1. The maximum atomic E-state index is 9.29. The first kappa shape index (κ1) is 8.50. The number of benzene rings is 1. The normalized spacial score (nSPS) is 12.5. The van der Waals surface area contributed by atoms with E-state index in [1.165, 1.54) is 6.08 Å². The van der Waals surface area contributed by atoms with Gasteiger partial charge in [-0.3, -0.25) is 0 Å². The van der Waals surface area contributed by atoms with Crippen LogP contribution < -0.4 is 0 Å². The average molecular weight is 213 g/mol. The van der Waals surface area contributed by atoms with Gasteiger partial charge in [-0.2, -0.15) is 0 Å². The Balaban J connectivity index is 2.89. The van der Waals surface area contributed by atoms with Gasteiger partial charge in [-0.1, -0.05) is 34.1 Å². The summed E-state index contributed by atoms with van der Waals surface area (Å²) < 4.78 is 1.01. The van der Waals surface area contributed by atoms with Crippen molar-refractivity contribution in [3.05, 3.63) is 47.0 Å². The Morgan fingerprint density at radius 2 is 1.91 bits per heavy atom. The van der Waals surface area contributed by atoms with Gasteiger partial charge in [0, 0.05) is 4.47 Å². The van der Waals surface area contributed by atoms with Crippen LogP contribution in [0.15, 0.2) is 41.4 Å². The summed E-state index contributed by atoms with van der Waals surface area (Å²) in [5, 5.41) is 9.29. The van der Waals surface area contributed by atoms with Crippen LogP contribution >= 0.6 is 15.9 Å². The summed E-state index contributed by atoms with van der Waals surface area (Å²) in [6.07, 6.45) is 0.951. The van der Waals surface area contributed by atoms with Crippen LogP contribution in [0, 0.1) is 0 Å². The smallest absolute Gasteiger partial charge is 0.0969 e. The van der Waals surface area contributed by atoms with E-state index >= 15 is 0 Å². The van der Waals surface area contributed by atoms with E-state index in [2.05, 4.69) is 22.5 Å². The Kier molecular flexibility index (Phi) is 2.85. The van der Waals surface area contributed by atoms with Gasteiger partial charge in [-0.25, -0.2) is 0 Å². The lowest BCUT2D eigenvalue weighted by Crippen LogP contribution is -1.90. The first-order valence-electron chi connectivity index (χ1n) is 3.30. The molecular weight excluding hydrogens is 204 g/mol. The van der Waals surface area contributed by atoms with E-state index in [4.69, 9.17) is 0 Å². The van der Waals surface area contributed by atoms with Crippen LogP contribution in [0.3, 0.4) is 0 Å². The highest BCUT2D eigenvalue weighted by Gasteiger charge is 1.99. The van der Waals surface area contributed by atoms with Crippen molar-refractivity contribution >= 4 is 15.9 Å². The molecule has 2 heteroatoms. The second kappa shape index (κ2) is 3.69. The molecular formula is C9H9BrO. The van der Waals surface area contributed by atoms with Crippen LogP contribution in [-0.4, -0.2) is 5.11 Å². The second-order valence-corrected chi connectivity index (χ2v) is 3.15. The lowest BCUT2D eigenvalue weighted by molar-refractivity contribution is 0.229. The zero-order chi connectivity index (χ0) is 8.27. The quantitative estimate of drug-likeness (QED) is 0.748. The van der Waals surface area contributed by atoms with Gasteiger partial charge < -0.3 is 5.11 Å². The standard InChI is InChI=1S/C9H9BrO/c1-2-9(11)7-3-5-8(10)6-4-7/h2-6,9,11H,1H2/t9-/m1/s1. The van der Waals surface area contributed by atoms with Gasteiger partial charge in [-0.05, 0) is 17.7 Å². The van der Waals surface area contributed by atoms with Crippen molar-refractivity contribution in [3.63, 3.8) is 0 Å². The van der Waals surface area contributed by atoms with Gasteiger partial charge in [0.15, 0.2) is 0 Å². The van der Waals surface area contributed by atoms with E-state index in [1.807, 2.05) is 24.3 Å². The van der Waals surface area contributed by atoms with E-state index in [0.29, 0.717) is 0 Å². The monoisotopic (exact) mass is 212 g/mol. The molecule has 1 rings (SSSR count). The van der Waals surface area contributed by atoms with E-state index in [9.17, 15) is 5.11 Å². The molecule has 11 heavy (non-hydrogen) atoms. The molecule has 0 fully saturated rings. The molecule has 0 heterocycles. The Morgan fingerprint density at radius 1 is 1.36 bits per heavy atom. The van der Waals surface area contributed by atoms with E-state index < -0.39 is 6.10 Å². The molecule has 1 aromatic rings. The van der Waals surface area contributed by atoms with Gasteiger partial charge in [0.05, 0.1) is 6.10 Å². The molecule has 0 radical (unpaired) electrons. The molecule has 0 amide bonds. The number of hydrogen-bond donors (Lipinski definition) is 1. The van der Waals surface area contributed by atoms with Crippen molar-refractivity contribution in [1.82, 2.24) is 0 Å². The van der Waals surface area contributed by atoms with Crippen LogP contribution in [0.4, 0.5) is 0 Å². The fourth-order valence-electron chi connectivity index (χ4n) is 0.796. The molecule has 0 unspecified atom stereocenters. The highest BCUT2D eigenvalue weighted by atomic mass is 79.9. The Morgan fingerprint density at radius 3 is 2.36 bits per heavy atom. The molecule has 0 aliphatic carbocycles. The lowest BCUT2D eigenvalue weighted by atomic mass is 10.1. The fourth-order valence-corrected chi connectivity index (χ4v) is 1.06. The van der Waals surface area contributed by atoms with E-state index in [1.54, 1.807) is 0 Å². The minimum Gasteiger partial charge on any atom is -0.384 e. The number of aliphatic hydroxyl groups excluding tert-OH is 1. The van der Waals surface area contributed by atoms with Crippen molar-refractivity contribution in [2.24, 2.45) is 0 Å². The number of rotatable bonds is 2. The summed E-state index contributed by atoms with van der Waals surface area (Å²) in [4.78, 5) is 0. The molecule has 1 atom stereocenters. The summed E-state index contributed by atoms with van der Waals surface area (Å²) >= 11 is 3.31. The molecule has 0 spiro atoms. The van der Waals surface area contributed by atoms with E-state index in [0.717, 1.165) is 10.0 Å². The second-order valence-electron chi connectivity index (χ2n) is 2.23. The molecule has 0 aromatic heterocycles. The van der Waals surface area contributed by atoms with Crippen molar-refractivity contribution in [2.75, 3.05) is 0 Å². The molecule has 0 bridgehead atoms. The van der Waals surface area contributed by atoms with Crippen LogP contribution in [-0.2, 0) is 0 Å². The summed E-state index contributed by atoms with van der Waals surface area (Å²) in [5.41, 5.74) is 0.864. The molecule has 0 saturated carbocycles. The number of halogens is 1. The average Bonchev–Trinajstić information content (AvgIpc) is 2.05. The largest absolute Gasteiger partial charge is 0.384 e. The Labute approximate surface area is 74.5 Å². The maximum Gasteiger partial charge on any atom is 0.0969 e. The molecule has 0 saturated heterocycles. The Bertz CT molecular complexity index is 240. The van der Waals surface area contributed by atoms with Gasteiger partial charge in [0.2, 0.25) is 0 Å². The fraction of sp³-hybridized carbons (Fsp3) is 0.111. The first-order chi connectivity index (χ1) is 5.24. The molecule has 58 valence electrons. The molecule has 1 nitrogen and oxygen atoms in total. The summed E-state index contributed by atoms with van der Waals surface area (Å²) in [6, 6.07) is 7.50. The molecule has 0 aliphatic rings. The SMILES string of the molecule is C=C[C@@H](O)c1ccc(Br)cc1. The zero-order valence-electron chi connectivity index (χ0n) is 6.00. The zero-order valence-corrected chi connectivity index (χ0v) is 7.58. The van der Waals surface area contributed by atoms with Crippen LogP contribution in [0.1, 0.15) is 11.7 Å². The third-order valence-corrected chi connectivity index (χ3v) is 1.96. The van der Waals surface area contributed by atoms with Crippen molar-refractivity contribution in [3.8, 4) is 0 Å². The summed E-state index contributed by atoms with van der Waals surface area (Å²) in [6.45, 7) is 3.50. The first-order valence-corrected chi connectivity index (χ1v) is 4.09. The van der Waals surface area contributed by atoms with Crippen molar-refractivity contribution < 1.29 is 5.11 Å². The topological polar surface area (TPSA) is 20.2 Å². The van der Waals surface area contributed by atoms with E-state index in [-0.39, 0.29) is 0 Å². The predicted molar refractivity (Wildman–Crippen MR) is 49.3 cm³/mol. The molecule has 0 aliphatic heterocycles.